The second kappa shape index (κ2) is 11.0. The van der Waals surface area contributed by atoms with Crippen LogP contribution < -0.4 is 0 Å². The summed E-state index contributed by atoms with van der Waals surface area (Å²) >= 11 is 5.08. The lowest BCUT2D eigenvalue weighted by atomic mass is 10.2. The van der Waals surface area contributed by atoms with Gasteiger partial charge in [0.15, 0.2) is 0 Å². The highest BCUT2D eigenvalue weighted by Gasteiger charge is 2.15. The third-order valence-electron chi connectivity index (χ3n) is 3.50. The Balaban J connectivity index is 2.39. The van der Waals surface area contributed by atoms with E-state index in [2.05, 4.69) is 42.2 Å². The van der Waals surface area contributed by atoms with Gasteiger partial charge >= 0.3 is 0 Å². The minimum atomic E-state index is 0.563. The third-order valence-corrected chi connectivity index (χ3v) is 6.66. The molecule has 0 unspecified atom stereocenters. The van der Waals surface area contributed by atoms with Crippen LogP contribution in [0.4, 0.5) is 0 Å². The summed E-state index contributed by atoms with van der Waals surface area (Å²) in [5.41, 5.74) is 2.00. The van der Waals surface area contributed by atoms with Crippen molar-refractivity contribution in [3.05, 3.63) is 88.2 Å². The number of nitrogens with zero attached hydrogens (tertiary/aromatic N) is 2. The van der Waals surface area contributed by atoms with Crippen LogP contribution in [0.2, 0.25) is 0 Å². The van der Waals surface area contributed by atoms with Gasteiger partial charge in [-0.3, -0.25) is 4.99 Å². The summed E-state index contributed by atoms with van der Waals surface area (Å²) in [6, 6.07) is 7.81. The molecule has 0 bridgehead atoms. The number of thioether (sulfide) groups is 2. The molecule has 140 valence electrons. The molecule has 0 aliphatic heterocycles. The average Bonchev–Trinajstić information content (AvgIpc) is 3.37. The van der Waals surface area contributed by atoms with E-state index < -0.39 is 0 Å². The van der Waals surface area contributed by atoms with Crippen LogP contribution in [0, 0.1) is 0 Å². The van der Waals surface area contributed by atoms with Gasteiger partial charge in [-0.15, -0.1) is 34.9 Å². The minimum Gasteiger partial charge on any atom is -0.463 e. The van der Waals surface area contributed by atoms with Crippen LogP contribution in [0.5, 0.6) is 0 Å². The second-order valence-electron chi connectivity index (χ2n) is 5.30. The number of allylic oxidation sites excluding steroid dienone is 2. The highest BCUT2D eigenvalue weighted by atomic mass is 32.2. The predicted octanol–water partition coefficient (Wildman–Crippen LogP) is 6.90. The van der Waals surface area contributed by atoms with Gasteiger partial charge in [-0.2, -0.15) is 0 Å². The zero-order valence-corrected chi connectivity index (χ0v) is 17.9. The number of hydrogen-bond acceptors (Lipinski definition) is 6. The lowest BCUT2D eigenvalue weighted by Gasteiger charge is -2.12. The van der Waals surface area contributed by atoms with Crippen molar-refractivity contribution in [2.45, 2.75) is 6.92 Å². The van der Waals surface area contributed by atoms with E-state index in [4.69, 9.17) is 4.42 Å². The SMILES string of the molecule is C=C/C=C(/CS/C(=C(/N=C)C(=C)N=C(C)c1ccco1)c1cccs1)SC. The van der Waals surface area contributed by atoms with Gasteiger partial charge in [0.05, 0.1) is 22.6 Å². The molecule has 27 heavy (non-hydrogen) atoms. The van der Waals surface area contributed by atoms with Crippen molar-refractivity contribution in [2.75, 3.05) is 12.0 Å². The van der Waals surface area contributed by atoms with Gasteiger partial charge in [-0.1, -0.05) is 31.4 Å². The molecule has 0 aliphatic carbocycles. The third kappa shape index (κ3) is 5.99. The molecule has 3 nitrogen and oxygen atoms in total. The average molecular weight is 415 g/mol. The summed E-state index contributed by atoms with van der Waals surface area (Å²) < 4.78 is 5.41. The largest absolute Gasteiger partial charge is 0.463 e. The molecule has 6 heteroatoms. The Kier molecular flexibility index (Phi) is 8.64. The van der Waals surface area contributed by atoms with Crippen molar-refractivity contribution in [2.24, 2.45) is 9.98 Å². The molecule has 0 spiro atoms. The molecule has 0 fully saturated rings. The van der Waals surface area contributed by atoms with Crippen LogP contribution in [-0.4, -0.2) is 24.4 Å². The van der Waals surface area contributed by atoms with Gasteiger partial charge in [0.25, 0.3) is 0 Å². The lowest BCUT2D eigenvalue weighted by molar-refractivity contribution is 0.557. The molecular formula is C21H22N2OS3. The summed E-state index contributed by atoms with van der Waals surface area (Å²) in [6.45, 7) is 13.6. The van der Waals surface area contributed by atoms with E-state index in [0.29, 0.717) is 17.2 Å². The molecule has 2 heterocycles. The van der Waals surface area contributed by atoms with Crippen LogP contribution in [0.25, 0.3) is 4.91 Å². The number of thiophene rings is 1. The predicted molar refractivity (Wildman–Crippen MR) is 125 cm³/mol. The molecule has 2 aromatic rings. The van der Waals surface area contributed by atoms with E-state index in [0.717, 1.165) is 21.2 Å². The molecule has 0 radical (unpaired) electrons. The van der Waals surface area contributed by atoms with E-state index >= 15 is 0 Å². The Morgan fingerprint density at radius 2 is 2.15 bits per heavy atom. The van der Waals surface area contributed by atoms with Crippen LogP contribution in [0.3, 0.4) is 0 Å². The zero-order valence-electron chi connectivity index (χ0n) is 15.5. The Morgan fingerprint density at radius 3 is 2.70 bits per heavy atom. The highest BCUT2D eigenvalue weighted by Crippen LogP contribution is 2.38. The molecule has 2 aromatic heterocycles. The van der Waals surface area contributed by atoms with Gasteiger partial charge in [-0.25, -0.2) is 4.99 Å². The molecule has 2 rings (SSSR count). The van der Waals surface area contributed by atoms with E-state index in [9.17, 15) is 0 Å². The number of aliphatic imine (C=N–C) groups is 2. The molecule has 0 saturated heterocycles. The van der Waals surface area contributed by atoms with E-state index in [1.165, 1.54) is 4.91 Å². The summed E-state index contributed by atoms with van der Waals surface area (Å²) in [7, 11) is 0. The smallest absolute Gasteiger partial charge is 0.147 e. The maximum Gasteiger partial charge on any atom is 0.147 e. The molecule has 0 amide bonds. The van der Waals surface area contributed by atoms with Crippen molar-refractivity contribution in [3.8, 4) is 0 Å². The normalized spacial score (nSPS) is 13.3. The van der Waals surface area contributed by atoms with Gasteiger partial charge in [-0.05, 0) is 48.4 Å². The van der Waals surface area contributed by atoms with Gasteiger partial charge in [0, 0.05) is 10.6 Å². The fraction of sp³-hybridized carbons (Fsp3) is 0.143. The van der Waals surface area contributed by atoms with Crippen molar-refractivity contribution in [1.29, 1.82) is 0 Å². The Morgan fingerprint density at radius 1 is 1.33 bits per heavy atom. The van der Waals surface area contributed by atoms with Crippen LogP contribution in [-0.2, 0) is 0 Å². The Bertz CT molecular complexity index is 873. The maximum atomic E-state index is 5.41. The summed E-state index contributed by atoms with van der Waals surface area (Å²) in [5.74, 6) is 1.52. The van der Waals surface area contributed by atoms with Crippen molar-refractivity contribution < 1.29 is 4.42 Å². The van der Waals surface area contributed by atoms with Gasteiger partial charge in [0.1, 0.15) is 11.5 Å². The fourth-order valence-corrected chi connectivity index (χ4v) is 4.98. The summed E-state index contributed by atoms with van der Waals surface area (Å²) in [6.07, 6.45) is 7.53. The standard InChI is InChI=1S/C21H22N2OS3/c1-6-9-17(25-5)14-27-21(19-11-8-13-26-19)20(22-4)16(3)23-15(2)18-10-7-12-24-18/h6-13H,1,3-4,14H2,2,5H3/b17-9-,21-20+,23-15?. The first-order chi connectivity index (χ1) is 13.1. The molecule has 0 aromatic carbocycles. The Hall–Kier alpha value is -2.02. The number of rotatable bonds is 10. The van der Waals surface area contributed by atoms with E-state index in [1.807, 2.05) is 42.7 Å². The van der Waals surface area contributed by atoms with E-state index in [1.54, 1.807) is 41.1 Å². The van der Waals surface area contributed by atoms with Gasteiger partial charge < -0.3 is 4.42 Å². The van der Waals surface area contributed by atoms with E-state index in [-0.39, 0.29) is 0 Å². The monoisotopic (exact) mass is 414 g/mol. The van der Waals surface area contributed by atoms with Crippen LogP contribution in [0.15, 0.2) is 91.9 Å². The zero-order chi connectivity index (χ0) is 19.6. The summed E-state index contributed by atoms with van der Waals surface area (Å²) in [4.78, 5) is 12.2. The number of furan rings is 1. The summed E-state index contributed by atoms with van der Waals surface area (Å²) in [5, 5.41) is 2.05. The van der Waals surface area contributed by atoms with Crippen molar-refractivity contribution >= 4 is 52.2 Å². The minimum absolute atomic E-state index is 0.563. The van der Waals surface area contributed by atoms with Crippen LogP contribution in [0.1, 0.15) is 17.6 Å². The second-order valence-corrected chi connectivity index (χ2v) is 8.16. The molecule has 0 atom stereocenters. The maximum absolute atomic E-state index is 5.41. The topological polar surface area (TPSA) is 37.9 Å². The first kappa shape index (κ1) is 21.3. The molecular weight excluding hydrogens is 392 g/mol. The molecule has 0 saturated carbocycles. The molecule has 0 aliphatic rings. The fourth-order valence-electron chi connectivity index (χ4n) is 2.20. The Labute approximate surface area is 173 Å². The first-order valence-electron chi connectivity index (χ1n) is 8.12. The quantitative estimate of drug-likeness (QED) is 0.313. The van der Waals surface area contributed by atoms with Crippen molar-refractivity contribution in [1.82, 2.24) is 0 Å². The van der Waals surface area contributed by atoms with Crippen molar-refractivity contribution in [3.63, 3.8) is 0 Å². The lowest BCUT2D eigenvalue weighted by Crippen LogP contribution is -1.96. The first-order valence-corrected chi connectivity index (χ1v) is 11.2. The van der Waals surface area contributed by atoms with Crippen LogP contribution >= 0.6 is 34.9 Å². The highest BCUT2D eigenvalue weighted by molar-refractivity contribution is 8.10. The van der Waals surface area contributed by atoms with Gasteiger partial charge in [0.2, 0.25) is 0 Å². The molecule has 0 N–H and O–H groups in total. The number of hydrogen-bond donors (Lipinski definition) is 0.